The van der Waals surface area contributed by atoms with Crippen LogP contribution in [-0.4, -0.2) is 10.2 Å². The third-order valence-electron chi connectivity index (χ3n) is 3.14. The van der Waals surface area contributed by atoms with Crippen LogP contribution in [0.15, 0.2) is 44.6 Å². The van der Waals surface area contributed by atoms with Gasteiger partial charge in [-0.3, -0.25) is 0 Å². The standard InChI is InChI=1S/C16H16N2O2S/c1-10-6-11(2)8-13(7-10)9-21-16-18-17-15(20-16)14-4-5-19-12(14)3/h4-8H,9H2,1-3H3. The van der Waals surface area contributed by atoms with Crippen molar-refractivity contribution in [3.8, 4) is 11.5 Å². The molecule has 0 amide bonds. The van der Waals surface area contributed by atoms with Gasteiger partial charge in [0.1, 0.15) is 5.76 Å². The van der Waals surface area contributed by atoms with Crippen molar-refractivity contribution >= 4 is 11.8 Å². The number of thioether (sulfide) groups is 1. The zero-order chi connectivity index (χ0) is 14.8. The number of rotatable bonds is 4. The Morgan fingerprint density at radius 3 is 2.48 bits per heavy atom. The Morgan fingerprint density at radius 1 is 1.05 bits per heavy atom. The van der Waals surface area contributed by atoms with E-state index in [1.54, 1.807) is 18.0 Å². The van der Waals surface area contributed by atoms with Crippen molar-refractivity contribution in [2.75, 3.05) is 0 Å². The molecule has 3 rings (SSSR count). The summed E-state index contributed by atoms with van der Waals surface area (Å²) >= 11 is 1.54. The van der Waals surface area contributed by atoms with Crippen LogP contribution in [0.5, 0.6) is 0 Å². The van der Waals surface area contributed by atoms with Crippen LogP contribution in [-0.2, 0) is 5.75 Å². The van der Waals surface area contributed by atoms with E-state index in [0.717, 1.165) is 17.1 Å². The van der Waals surface area contributed by atoms with E-state index < -0.39 is 0 Å². The molecule has 0 bridgehead atoms. The lowest BCUT2D eigenvalue weighted by Gasteiger charge is -2.02. The highest BCUT2D eigenvalue weighted by atomic mass is 32.2. The summed E-state index contributed by atoms with van der Waals surface area (Å²) < 4.78 is 10.9. The van der Waals surface area contributed by atoms with Crippen LogP contribution >= 0.6 is 11.8 Å². The van der Waals surface area contributed by atoms with Crippen molar-refractivity contribution in [1.29, 1.82) is 0 Å². The largest absolute Gasteiger partial charge is 0.469 e. The molecule has 4 nitrogen and oxygen atoms in total. The molecular weight excluding hydrogens is 284 g/mol. The minimum atomic E-state index is 0.504. The summed E-state index contributed by atoms with van der Waals surface area (Å²) in [5.41, 5.74) is 4.65. The molecule has 0 saturated carbocycles. The fourth-order valence-electron chi connectivity index (χ4n) is 2.28. The van der Waals surface area contributed by atoms with E-state index in [-0.39, 0.29) is 0 Å². The molecule has 0 atom stereocenters. The predicted molar refractivity (Wildman–Crippen MR) is 82.2 cm³/mol. The first-order chi connectivity index (χ1) is 10.1. The quantitative estimate of drug-likeness (QED) is 0.662. The van der Waals surface area contributed by atoms with Crippen molar-refractivity contribution in [3.63, 3.8) is 0 Å². The van der Waals surface area contributed by atoms with Crippen molar-refractivity contribution in [1.82, 2.24) is 10.2 Å². The van der Waals surface area contributed by atoms with E-state index in [0.29, 0.717) is 11.1 Å². The van der Waals surface area contributed by atoms with E-state index in [1.807, 2.05) is 13.0 Å². The summed E-state index contributed by atoms with van der Waals surface area (Å²) in [5, 5.41) is 8.72. The minimum Gasteiger partial charge on any atom is -0.469 e. The second-order valence-corrected chi connectivity index (χ2v) is 5.97. The molecule has 0 unspecified atom stereocenters. The van der Waals surface area contributed by atoms with Gasteiger partial charge in [0, 0.05) is 5.75 Å². The third-order valence-corrected chi connectivity index (χ3v) is 4.03. The van der Waals surface area contributed by atoms with Crippen LogP contribution < -0.4 is 0 Å². The smallest absolute Gasteiger partial charge is 0.277 e. The van der Waals surface area contributed by atoms with Gasteiger partial charge in [0.25, 0.3) is 11.1 Å². The molecule has 2 aromatic heterocycles. The molecule has 0 radical (unpaired) electrons. The van der Waals surface area contributed by atoms with Gasteiger partial charge in [0.2, 0.25) is 0 Å². The van der Waals surface area contributed by atoms with Gasteiger partial charge in [-0.25, -0.2) is 0 Å². The first kappa shape index (κ1) is 13.9. The molecule has 0 fully saturated rings. The number of furan rings is 1. The van der Waals surface area contributed by atoms with Crippen LogP contribution in [0.2, 0.25) is 0 Å². The second kappa shape index (κ2) is 5.77. The van der Waals surface area contributed by atoms with Gasteiger partial charge in [0.05, 0.1) is 11.8 Å². The first-order valence-electron chi connectivity index (χ1n) is 6.70. The SMILES string of the molecule is Cc1cc(C)cc(CSc2nnc(-c3ccoc3C)o2)c1. The van der Waals surface area contributed by atoms with Crippen LogP contribution in [0.25, 0.3) is 11.5 Å². The number of hydrogen-bond donors (Lipinski definition) is 0. The summed E-state index contributed by atoms with van der Waals surface area (Å²) in [6.45, 7) is 6.09. The summed E-state index contributed by atoms with van der Waals surface area (Å²) in [6, 6.07) is 8.36. The molecule has 1 aromatic carbocycles. The van der Waals surface area contributed by atoms with Crippen molar-refractivity contribution in [2.24, 2.45) is 0 Å². The lowest BCUT2D eigenvalue weighted by Crippen LogP contribution is -1.85. The maximum atomic E-state index is 5.67. The van der Waals surface area contributed by atoms with Crippen molar-refractivity contribution in [3.05, 3.63) is 53.0 Å². The molecule has 5 heteroatoms. The molecular formula is C16H16N2O2S. The molecule has 108 valence electrons. The number of hydrogen-bond acceptors (Lipinski definition) is 5. The average Bonchev–Trinajstić information content (AvgIpc) is 3.03. The third kappa shape index (κ3) is 3.19. The summed E-state index contributed by atoms with van der Waals surface area (Å²) in [4.78, 5) is 0. The minimum absolute atomic E-state index is 0.504. The van der Waals surface area contributed by atoms with Crippen molar-refractivity contribution < 1.29 is 8.83 Å². The zero-order valence-corrected chi connectivity index (χ0v) is 13.0. The van der Waals surface area contributed by atoms with Gasteiger partial charge in [-0.1, -0.05) is 41.1 Å². The first-order valence-corrected chi connectivity index (χ1v) is 7.68. The van der Waals surface area contributed by atoms with Crippen LogP contribution in [0.4, 0.5) is 0 Å². The van der Waals surface area contributed by atoms with Gasteiger partial charge < -0.3 is 8.83 Å². The maximum absolute atomic E-state index is 5.67. The van der Waals surface area contributed by atoms with Gasteiger partial charge in [-0.15, -0.1) is 10.2 Å². The summed E-state index contributed by atoms with van der Waals surface area (Å²) in [7, 11) is 0. The van der Waals surface area contributed by atoms with Crippen LogP contribution in [0.3, 0.4) is 0 Å². The Hall–Kier alpha value is -2.01. The molecule has 0 aliphatic rings. The Labute approximate surface area is 127 Å². The van der Waals surface area contributed by atoms with E-state index in [4.69, 9.17) is 8.83 Å². The number of aryl methyl sites for hydroxylation is 3. The number of aromatic nitrogens is 2. The van der Waals surface area contributed by atoms with Gasteiger partial charge in [0.15, 0.2) is 0 Å². The summed E-state index contributed by atoms with van der Waals surface area (Å²) in [5.74, 6) is 2.10. The predicted octanol–water partition coefficient (Wildman–Crippen LogP) is 4.55. The lowest BCUT2D eigenvalue weighted by atomic mass is 10.1. The molecule has 0 spiro atoms. The molecule has 2 heterocycles. The maximum Gasteiger partial charge on any atom is 0.277 e. The molecule has 0 N–H and O–H groups in total. The highest BCUT2D eigenvalue weighted by molar-refractivity contribution is 7.98. The van der Waals surface area contributed by atoms with E-state index in [2.05, 4.69) is 42.2 Å². The van der Waals surface area contributed by atoms with Crippen LogP contribution in [0, 0.1) is 20.8 Å². The van der Waals surface area contributed by atoms with E-state index in [9.17, 15) is 0 Å². The number of benzene rings is 1. The van der Waals surface area contributed by atoms with Gasteiger partial charge in [-0.2, -0.15) is 0 Å². The van der Waals surface area contributed by atoms with Crippen molar-refractivity contribution in [2.45, 2.75) is 31.7 Å². The fraction of sp³-hybridized carbons (Fsp3) is 0.250. The Bertz CT molecular complexity index is 741. The number of nitrogens with zero attached hydrogens (tertiary/aromatic N) is 2. The zero-order valence-electron chi connectivity index (χ0n) is 12.2. The monoisotopic (exact) mass is 300 g/mol. The molecule has 0 aliphatic heterocycles. The molecule has 3 aromatic rings. The Balaban J connectivity index is 1.72. The summed E-state index contributed by atoms with van der Waals surface area (Å²) in [6.07, 6.45) is 1.62. The van der Waals surface area contributed by atoms with E-state index >= 15 is 0 Å². The van der Waals surface area contributed by atoms with Crippen LogP contribution in [0.1, 0.15) is 22.5 Å². The van der Waals surface area contributed by atoms with Gasteiger partial charge >= 0.3 is 0 Å². The normalized spacial score (nSPS) is 11.0. The average molecular weight is 300 g/mol. The van der Waals surface area contributed by atoms with E-state index in [1.165, 1.54) is 16.7 Å². The highest BCUT2D eigenvalue weighted by Crippen LogP contribution is 2.28. The lowest BCUT2D eigenvalue weighted by molar-refractivity contribution is 0.463. The molecule has 21 heavy (non-hydrogen) atoms. The Morgan fingerprint density at radius 2 is 1.81 bits per heavy atom. The topological polar surface area (TPSA) is 52.1 Å². The fourth-order valence-corrected chi connectivity index (χ4v) is 2.97. The Kier molecular flexibility index (Phi) is 3.84. The molecule has 0 saturated heterocycles. The molecule has 0 aliphatic carbocycles. The highest BCUT2D eigenvalue weighted by Gasteiger charge is 2.13. The second-order valence-electron chi connectivity index (χ2n) is 5.05. The van der Waals surface area contributed by atoms with Gasteiger partial charge in [-0.05, 0) is 32.4 Å².